The Labute approximate surface area is 236 Å². The molecule has 6 aromatic rings. The first kappa shape index (κ1) is 19.5. The van der Waals surface area contributed by atoms with Crippen LogP contribution in [0, 0.1) is 18.8 Å². The topological polar surface area (TPSA) is 112 Å². The third-order valence-corrected chi connectivity index (χ3v) is 6.21. The Morgan fingerprint density at radius 2 is 1.90 bits per heavy atom. The Kier molecular flexibility index (Phi) is 4.86. The summed E-state index contributed by atoms with van der Waals surface area (Å²) >= 11 is 0. The molecule has 1 atom stereocenters. The van der Waals surface area contributed by atoms with Crippen molar-refractivity contribution in [1.29, 1.82) is 0 Å². The summed E-state index contributed by atoms with van der Waals surface area (Å²) in [5, 5.41) is 11.5. The van der Waals surface area contributed by atoms with E-state index < -0.39 is 53.4 Å². The van der Waals surface area contributed by atoms with E-state index in [9.17, 15) is 9.59 Å². The predicted octanol–water partition coefficient (Wildman–Crippen LogP) is 3.36. The molecular formula is C30H24N8O2. The number of nitrogens with zero attached hydrogens (tertiary/aromatic N) is 7. The third-order valence-electron chi connectivity index (χ3n) is 6.21. The molecular weight excluding hydrogens is 504 g/mol. The van der Waals surface area contributed by atoms with Gasteiger partial charge in [-0.25, -0.2) is 14.5 Å². The van der Waals surface area contributed by atoms with E-state index in [-0.39, 0.29) is 22.3 Å². The Bertz CT molecular complexity index is 2290. The number of carbonyl (C=O) groups excluding carboxylic acids is 1. The molecule has 0 aliphatic carbocycles. The summed E-state index contributed by atoms with van der Waals surface area (Å²) in [5.74, 6) is 5.27. The highest BCUT2D eigenvalue weighted by Gasteiger charge is 2.24. The number of fused-ring (bicyclic) bond motifs is 2. The molecule has 0 fully saturated rings. The van der Waals surface area contributed by atoms with Gasteiger partial charge in [0.2, 0.25) is 0 Å². The molecule has 6 rings (SSSR count). The summed E-state index contributed by atoms with van der Waals surface area (Å²) in [6, 6.07) is 4.21. The summed E-state index contributed by atoms with van der Waals surface area (Å²) in [6.45, 7) is 3.25. The van der Waals surface area contributed by atoms with Crippen LogP contribution in [0.5, 0.6) is 0 Å². The highest BCUT2D eigenvalue weighted by atomic mass is 16.2. The van der Waals surface area contributed by atoms with Crippen molar-refractivity contribution in [2.24, 2.45) is 7.05 Å². The Balaban J connectivity index is 1.58. The standard InChI is InChI=1S/C30H24N8O2/c1-19-25(28-31-16-8-17-37(28)34-19)29(39)32-20(2)27-33-24-12-7-9-21(13-14-22-15-18-36(3)35-22)26(24)30(40)38(27)23-10-5-4-6-11-23/h4-12,15-18,20H,1-3H3,(H,32,39)/t20-/m0/s1/i4D,5D,6D,10D,11D. The zero-order valence-corrected chi connectivity index (χ0v) is 21.6. The lowest BCUT2D eigenvalue weighted by atomic mass is 10.1. The maximum atomic E-state index is 14.4. The maximum Gasteiger partial charge on any atom is 0.267 e. The van der Waals surface area contributed by atoms with Gasteiger partial charge in [0.25, 0.3) is 11.5 Å². The third kappa shape index (κ3) is 4.39. The molecule has 0 radical (unpaired) electrons. The van der Waals surface area contributed by atoms with Crippen LogP contribution in [0.1, 0.15) is 53.0 Å². The number of aromatic nitrogens is 7. The molecule has 40 heavy (non-hydrogen) atoms. The van der Waals surface area contributed by atoms with Crippen molar-refractivity contribution in [2.45, 2.75) is 19.9 Å². The van der Waals surface area contributed by atoms with Gasteiger partial charge in [0.15, 0.2) is 5.65 Å². The highest BCUT2D eigenvalue weighted by molar-refractivity contribution is 6.01. The van der Waals surface area contributed by atoms with Gasteiger partial charge in [-0.2, -0.15) is 10.2 Å². The molecule has 0 saturated heterocycles. The average molecular weight is 534 g/mol. The fourth-order valence-electron chi connectivity index (χ4n) is 4.42. The number of benzene rings is 2. The van der Waals surface area contributed by atoms with Crippen LogP contribution in [0.25, 0.3) is 22.2 Å². The van der Waals surface area contributed by atoms with E-state index in [2.05, 4.69) is 32.3 Å². The number of nitrogens with one attached hydrogen (secondary N) is 1. The number of rotatable bonds is 4. The van der Waals surface area contributed by atoms with Crippen LogP contribution in [0.2, 0.25) is 0 Å². The van der Waals surface area contributed by atoms with E-state index in [4.69, 9.17) is 11.8 Å². The van der Waals surface area contributed by atoms with Crippen LogP contribution >= 0.6 is 0 Å². The van der Waals surface area contributed by atoms with E-state index in [1.54, 1.807) is 68.3 Å². The Hall–Kier alpha value is -5.56. The van der Waals surface area contributed by atoms with Crippen LogP contribution in [0.3, 0.4) is 0 Å². The molecule has 196 valence electrons. The summed E-state index contributed by atoms with van der Waals surface area (Å²) in [4.78, 5) is 37.0. The Morgan fingerprint density at radius 1 is 1.07 bits per heavy atom. The van der Waals surface area contributed by atoms with Gasteiger partial charge in [-0.3, -0.25) is 18.8 Å². The zero-order chi connectivity index (χ0) is 32.2. The lowest BCUT2D eigenvalue weighted by molar-refractivity contribution is 0.0938. The minimum atomic E-state index is -0.992. The minimum absolute atomic E-state index is 0.0590. The largest absolute Gasteiger partial charge is 0.342 e. The van der Waals surface area contributed by atoms with Gasteiger partial charge in [-0.1, -0.05) is 30.1 Å². The van der Waals surface area contributed by atoms with Crippen molar-refractivity contribution < 1.29 is 11.6 Å². The molecule has 10 heteroatoms. The van der Waals surface area contributed by atoms with E-state index >= 15 is 0 Å². The first-order chi connectivity index (χ1) is 21.5. The first-order valence-corrected chi connectivity index (χ1v) is 12.2. The van der Waals surface area contributed by atoms with Gasteiger partial charge in [0.1, 0.15) is 17.1 Å². The van der Waals surface area contributed by atoms with Gasteiger partial charge in [0.05, 0.1) is 35.2 Å². The van der Waals surface area contributed by atoms with E-state index in [0.29, 0.717) is 22.6 Å². The van der Waals surface area contributed by atoms with E-state index in [1.807, 2.05) is 0 Å². The molecule has 1 N–H and O–H groups in total. The molecule has 0 aliphatic heterocycles. The quantitative estimate of drug-likeness (QED) is 0.348. The summed E-state index contributed by atoms with van der Waals surface area (Å²) < 4.78 is 45.8. The van der Waals surface area contributed by atoms with Crippen molar-refractivity contribution in [2.75, 3.05) is 0 Å². The molecule has 10 nitrogen and oxygen atoms in total. The monoisotopic (exact) mass is 533 g/mol. The fourth-order valence-corrected chi connectivity index (χ4v) is 4.42. The molecule has 0 aliphatic rings. The van der Waals surface area contributed by atoms with Gasteiger partial charge < -0.3 is 5.32 Å². The van der Waals surface area contributed by atoms with Gasteiger partial charge >= 0.3 is 0 Å². The van der Waals surface area contributed by atoms with Gasteiger partial charge in [0, 0.05) is 31.2 Å². The second kappa shape index (κ2) is 9.96. The SMILES string of the molecule is [2H]c1c([2H])c([2H])c(-n2c([C@H](C)NC(=O)c3c(C)nn4cccnc34)nc3cccc(C#Cc4ccn(C)n4)c3c2=O)c([2H])c1[2H]. The lowest BCUT2D eigenvalue weighted by Crippen LogP contribution is -2.33. The number of amides is 1. The normalized spacial score (nSPS) is 13.5. The molecule has 0 saturated carbocycles. The summed E-state index contributed by atoms with van der Waals surface area (Å²) in [7, 11) is 1.75. The summed E-state index contributed by atoms with van der Waals surface area (Å²) in [5.41, 5.74) is 0.835. The number of hydrogen-bond donors (Lipinski definition) is 1. The fraction of sp³-hybridized carbons (Fsp3) is 0.133. The molecule has 4 heterocycles. The number of carbonyl (C=O) groups is 1. The van der Waals surface area contributed by atoms with Crippen molar-refractivity contribution in [3.05, 3.63) is 118 Å². The molecule has 0 bridgehead atoms. The first-order valence-electron chi connectivity index (χ1n) is 14.7. The van der Waals surface area contributed by atoms with Crippen molar-refractivity contribution in [1.82, 2.24) is 39.2 Å². The van der Waals surface area contributed by atoms with E-state index in [0.717, 1.165) is 4.57 Å². The number of hydrogen-bond acceptors (Lipinski definition) is 6. The molecule has 2 aromatic carbocycles. The molecule has 0 spiro atoms. The number of para-hydroxylation sites is 1. The van der Waals surface area contributed by atoms with Crippen LogP contribution in [-0.4, -0.2) is 39.8 Å². The van der Waals surface area contributed by atoms with Crippen LogP contribution in [0.15, 0.2) is 83.9 Å². The van der Waals surface area contributed by atoms with Crippen LogP contribution in [-0.2, 0) is 7.05 Å². The second-order valence-corrected chi connectivity index (χ2v) is 8.95. The smallest absolute Gasteiger partial charge is 0.267 e. The van der Waals surface area contributed by atoms with E-state index in [1.165, 1.54) is 10.7 Å². The van der Waals surface area contributed by atoms with Gasteiger partial charge in [-0.05, 0) is 56.1 Å². The second-order valence-electron chi connectivity index (χ2n) is 8.95. The predicted molar refractivity (Wildman–Crippen MR) is 150 cm³/mol. The number of aryl methyl sites for hydroxylation is 2. The molecule has 4 aromatic heterocycles. The molecule has 0 unspecified atom stereocenters. The minimum Gasteiger partial charge on any atom is -0.342 e. The lowest BCUT2D eigenvalue weighted by Gasteiger charge is -2.20. The Morgan fingerprint density at radius 3 is 2.67 bits per heavy atom. The summed E-state index contributed by atoms with van der Waals surface area (Å²) in [6.07, 6.45) is 4.92. The maximum absolute atomic E-state index is 14.4. The van der Waals surface area contributed by atoms with Crippen LogP contribution < -0.4 is 10.9 Å². The zero-order valence-electron chi connectivity index (χ0n) is 26.6. The van der Waals surface area contributed by atoms with Crippen molar-refractivity contribution >= 4 is 22.5 Å². The van der Waals surface area contributed by atoms with Crippen molar-refractivity contribution in [3.63, 3.8) is 0 Å². The van der Waals surface area contributed by atoms with Crippen LogP contribution in [0.4, 0.5) is 0 Å². The van der Waals surface area contributed by atoms with Gasteiger partial charge in [-0.15, -0.1) is 0 Å². The molecule has 1 amide bonds. The van der Waals surface area contributed by atoms with Crippen molar-refractivity contribution in [3.8, 4) is 17.5 Å². The highest BCUT2D eigenvalue weighted by Crippen LogP contribution is 2.21. The average Bonchev–Trinajstić information content (AvgIpc) is 3.60.